The number of rotatable bonds is 8. The molecule has 0 atom stereocenters. The minimum absolute atomic E-state index is 0.221. The van der Waals surface area contributed by atoms with Gasteiger partial charge in [-0.2, -0.15) is 5.10 Å². The van der Waals surface area contributed by atoms with Gasteiger partial charge in [-0.25, -0.2) is 9.48 Å². The van der Waals surface area contributed by atoms with Crippen LogP contribution in [0.5, 0.6) is 0 Å². The molecule has 0 spiro atoms. The summed E-state index contributed by atoms with van der Waals surface area (Å²) in [5.74, 6) is 2.37. The zero-order chi connectivity index (χ0) is 17.5. The minimum Gasteiger partial charge on any atom is -0.337 e. The predicted molar refractivity (Wildman–Crippen MR) is 95.4 cm³/mol. The lowest BCUT2D eigenvalue weighted by Gasteiger charge is -2.09. The number of thioether (sulfide) groups is 1. The molecule has 2 aromatic rings. The lowest BCUT2D eigenvalue weighted by Crippen LogP contribution is -2.31. The van der Waals surface area contributed by atoms with Crippen LogP contribution in [0.25, 0.3) is 0 Å². The van der Waals surface area contributed by atoms with Crippen molar-refractivity contribution in [3.63, 3.8) is 0 Å². The van der Waals surface area contributed by atoms with Gasteiger partial charge in [-0.15, -0.1) is 10.2 Å². The fraction of sp³-hybridized carbons (Fsp3) is 0.600. The Kier molecular flexibility index (Phi) is 6.65. The van der Waals surface area contributed by atoms with Crippen LogP contribution in [0.2, 0.25) is 0 Å². The van der Waals surface area contributed by atoms with Gasteiger partial charge < -0.3 is 9.88 Å². The summed E-state index contributed by atoms with van der Waals surface area (Å²) in [6.45, 7) is 10.2. The molecule has 9 heteroatoms. The Hall–Kier alpha value is -2.03. The van der Waals surface area contributed by atoms with E-state index in [2.05, 4.69) is 44.3 Å². The third-order valence-electron chi connectivity index (χ3n) is 3.42. The third kappa shape index (κ3) is 4.73. The van der Waals surface area contributed by atoms with Gasteiger partial charge in [-0.3, -0.25) is 5.32 Å². The van der Waals surface area contributed by atoms with E-state index in [1.807, 2.05) is 24.6 Å². The molecule has 2 aromatic heterocycles. The first-order chi connectivity index (χ1) is 11.5. The number of carbonyl (C=O) groups is 1. The normalized spacial score (nSPS) is 10.8. The van der Waals surface area contributed by atoms with Crippen LogP contribution in [0, 0.1) is 13.8 Å². The summed E-state index contributed by atoms with van der Waals surface area (Å²) in [6, 6.07) is 1.65. The molecule has 0 fully saturated rings. The Morgan fingerprint density at radius 1 is 1.29 bits per heavy atom. The first-order valence-electron chi connectivity index (χ1n) is 8.17. The van der Waals surface area contributed by atoms with E-state index >= 15 is 0 Å². The van der Waals surface area contributed by atoms with Gasteiger partial charge >= 0.3 is 6.03 Å². The largest absolute Gasteiger partial charge is 0.337 e. The van der Waals surface area contributed by atoms with Crippen LogP contribution < -0.4 is 10.6 Å². The fourth-order valence-electron chi connectivity index (χ4n) is 2.33. The van der Waals surface area contributed by atoms with Crippen LogP contribution in [-0.2, 0) is 13.1 Å². The quantitative estimate of drug-likeness (QED) is 0.563. The van der Waals surface area contributed by atoms with E-state index in [0.29, 0.717) is 6.54 Å². The summed E-state index contributed by atoms with van der Waals surface area (Å²) in [7, 11) is 0. The van der Waals surface area contributed by atoms with Crippen LogP contribution in [0.1, 0.15) is 31.8 Å². The number of anilines is 1. The van der Waals surface area contributed by atoms with Gasteiger partial charge in [-0.05, 0) is 27.2 Å². The zero-order valence-electron chi connectivity index (χ0n) is 14.7. The Morgan fingerprint density at radius 2 is 2.08 bits per heavy atom. The van der Waals surface area contributed by atoms with Crippen LogP contribution in [0.3, 0.4) is 0 Å². The second kappa shape index (κ2) is 8.72. The zero-order valence-corrected chi connectivity index (χ0v) is 15.5. The molecule has 8 nitrogen and oxygen atoms in total. The molecule has 0 saturated heterocycles. The third-order valence-corrected chi connectivity index (χ3v) is 4.38. The van der Waals surface area contributed by atoms with E-state index in [9.17, 15) is 4.79 Å². The Balaban J connectivity index is 1.77. The van der Waals surface area contributed by atoms with Crippen molar-refractivity contribution in [2.45, 2.75) is 52.4 Å². The summed E-state index contributed by atoms with van der Waals surface area (Å²) >= 11 is 1.59. The molecule has 2 N–H and O–H groups in total. The number of aryl methyl sites for hydroxylation is 3. The minimum atomic E-state index is -0.221. The molecule has 0 radical (unpaired) electrons. The molecule has 0 aliphatic heterocycles. The Bertz CT molecular complexity index is 679. The van der Waals surface area contributed by atoms with Gasteiger partial charge in [0.1, 0.15) is 11.6 Å². The number of nitrogens with zero attached hydrogens (tertiary/aromatic N) is 5. The maximum atomic E-state index is 12.0. The van der Waals surface area contributed by atoms with Crippen molar-refractivity contribution in [2.75, 3.05) is 17.6 Å². The highest BCUT2D eigenvalue weighted by Gasteiger charge is 2.10. The summed E-state index contributed by atoms with van der Waals surface area (Å²) in [4.78, 5) is 12.0. The first kappa shape index (κ1) is 18.3. The van der Waals surface area contributed by atoms with Crippen molar-refractivity contribution in [1.29, 1.82) is 0 Å². The topological polar surface area (TPSA) is 89.7 Å². The molecule has 132 valence electrons. The van der Waals surface area contributed by atoms with E-state index < -0.39 is 0 Å². The van der Waals surface area contributed by atoms with Gasteiger partial charge in [0.05, 0.1) is 5.69 Å². The molecule has 0 saturated carbocycles. The predicted octanol–water partition coefficient (Wildman–Crippen LogP) is 2.44. The SMILES string of the molecule is CCCn1nc(C)cc1NC(=O)NCCSc1nnc(C)n1CC. The maximum absolute atomic E-state index is 12.0. The second-order valence-corrected chi connectivity index (χ2v) is 6.46. The second-order valence-electron chi connectivity index (χ2n) is 5.40. The number of amides is 2. The summed E-state index contributed by atoms with van der Waals surface area (Å²) in [5.41, 5.74) is 0.892. The molecule has 2 amide bonds. The molecule has 2 heterocycles. The van der Waals surface area contributed by atoms with Gasteiger partial charge in [0.2, 0.25) is 0 Å². The van der Waals surface area contributed by atoms with E-state index in [1.165, 1.54) is 0 Å². The highest BCUT2D eigenvalue weighted by atomic mass is 32.2. The molecule has 2 rings (SSSR count). The maximum Gasteiger partial charge on any atom is 0.320 e. The number of aromatic nitrogens is 5. The molecule has 0 aliphatic rings. The molecular weight excluding hydrogens is 326 g/mol. The number of nitrogens with one attached hydrogen (secondary N) is 2. The van der Waals surface area contributed by atoms with Crippen LogP contribution >= 0.6 is 11.8 Å². The number of hydrogen-bond acceptors (Lipinski definition) is 5. The average Bonchev–Trinajstić information content (AvgIpc) is 3.06. The van der Waals surface area contributed by atoms with Crippen molar-refractivity contribution < 1.29 is 4.79 Å². The van der Waals surface area contributed by atoms with Gasteiger partial charge in [0.25, 0.3) is 0 Å². The van der Waals surface area contributed by atoms with Crippen LogP contribution in [-0.4, -0.2) is 42.9 Å². The lowest BCUT2D eigenvalue weighted by atomic mass is 10.4. The first-order valence-corrected chi connectivity index (χ1v) is 9.15. The van der Waals surface area contributed by atoms with Gasteiger partial charge in [-0.1, -0.05) is 18.7 Å². The van der Waals surface area contributed by atoms with E-state index in [0.717, 1.165) is 47.8 Å². The van der Waals surface area contributed by atoms with Crippen LogP contribution in [0.15, 0.2) is 11.2 Å². The summed E-state index contributed by atoms with van der Waals surface area (Å²) in [6.07, 6.45) is 0.964. The molecule has 24 heavy (non-hydrogen) atoms. The van der Waals surface area contributed by atoms with E-state index in [-0.39, 0.29) is 6.03 Å². The summed E-state index contributed by atoms with van der Waals surface area (Å²) < 4.78 is 3.87. The smallest absolute Gasteiger partial charge is 0.320 e. The number of carbonyl (C=O) groups excluding carboxylic acids is 1. The van der Waals surface area contributed by atoms with Crippen molar-refractivity contribution in [3.8, 4) is 0 Å². The van der Waals surface area contributed by atoms with Crippen molar-refractivity contribution >= 4 is 23.6 Å². The fourth-order valence-corrected chi connectivity index (χ4v) is 3.23. The monoisotopic (exact) mass is 351 g/mol. The van der Waals surface area contributed by atoms with Crippen molar-refractivity contribution in [2.24, 2.45) is 0 Å². The van der Waals surface area contributed by atoms with Gasteiger partial charge in [0, 0.05) is 31.5 Å². The lowest BCUT2D eigenvalue weighted by molar-refractivity contribution is 0.252. The molecule has 0 aromatic carbocycles. The number of urea groups is 1. The molecular formula is C15H25N7OS. The van der Waals surface area contributed by atoms with E-state index in [1.54, 1.807) is 11.8 Å². The number of hydrogen-bond donors (Lipinski definition) is 2. The van der Waals surface area contributed by atoms with Gasteiger partial charge in [0.15, 0.2) is 5.16 Å². The van der Waals surface area contributed by atoms with Crippen LogP contribution in [0.4, 0.5) is 10.6 Å². The van der Waals surface area contributed by atoms with Crippen molar-refractivity contribution in [3.05, 3.63) is 17.6 Å². The van der Waals surface area contributed by atoms with E-state index in [4.69, 9.17) is 0 Å². The Labute approximate surface area is 146 Å². The molecule has 0 aliphatic carbocycles. The Morgan fingerprint density at radius 3 is 2.79 bits per heavy atom. The summed E-state index contributed by atoms with van der Waals surface area (Å²) in [5, 5.41) is 19.2. The molecule has 0 unspecified atom stereocenters. The highest BCUT2D eigenvalue weighted by molar-refractivity contribution is 7.99. The molecule has 0 bridgehead atoms. The standard InChI is InChI=1S/C15H25N7OS/c1-5-8-22-13(10-11(3)20-22)17-14(23)16-7-9-24-15-19-18-12(4)21(15)6-2/h10H,5-9H2,1-4H3,(H2,16,17,23). The highest BCUT2D eigenvalue weighted by Crippen LogP contribution is 2.16. The van der Waals surface area contributed by atoms with Crippen molar-refractivity contribution in [1.82, 2.24) is 29.9 Å². The average molecular weight is 351 g/mol.